The summed E-state index contributed by atoms with van der Waals surface area (Å²) in [7, 11) is 0. The van der Waals surface area contributed by atoms with Crippen molar-refractivity contribution in [3.05, 3.63) is 144 Å². The molecule has 0 bridgehead atoms. The highest BCUT2D eigenvalue weighted by atomic mass is 14.1. The van der Waals surface area contributed by atoms with Crippen LogP contribution in [0.5, 0.6) is 0 Å². The zero-order chi connectivity index (χ0) is 28.6. The molecule has 0 heteroatoms. The monoisotopic (exact) mass is 524 g/mol. The summed E-state index contributed by atoms with van der Waals surface area (Å²) < 4.78 is 0. The average molecular weight is 525 g/mol. The SMILES string of the molecule is CC(C)c1ccc2ccccc2c1.CC(C)c1cccc2ccccc12.Cc1ccc2ccc(C(C)C)cc2c1. The van der Waals surface area contributed by atoms with Crippen molar-refractivity contribution in [3.63, 3.8) is 0 Å². The fraction of sp³-hybridized carbons (Fsp3) is 0.250. The van der Waals surface area contributed by atoms with Crippen LogP contribution in [-0.4, -0.2) is 0 Å². The van der Waals surface area contributed by atoms with Gasteiger partial charge in [0, 0.05) is 0 Å². The lowest BCUT2D eigenvalue weighted by molar-refractivity contribution is 0.868. The highest BCUT2D eigenvalue weighted by Crippen LogP contribution is 2.25. The van der Waals surface area contributed by atoms with Crippen molar-refractivity contribution in [2.45, 2.75) is 66.2 Å². The van der Waals surface area contributed by atoms with Gasteiger partial charge >= 0.3 is 0 Å². The molecule has 0 unspecified atom stereocenters. The largest absolute Gasteiger partial charge is 0.0616 e. The fourth-order valence-corrected chi connectivity index (χ4v) is 5.06. The minimum Gasteiger partial charge on any atom is -0.0616 e. The topological polar surface area (TPSA) is 0 Å². The second-order valence-corrected chi connectivity index (χ2v) is 11.7. The van der Waals surface area contributed by atoms with Crippen LogP contribution in [0.2, 0.25) is 0 Å². The van der Waals surface area contributed by atoms with Gasteiger partial charge in [0.1, 0.15) is 0 Å². The van der Waals surface area contributed by atoms with E-state index >= 15 is 0 Å². The molecule has 0 aromatic heterocycles. The molecule has 0 amide bonds. The van der Waals surface area contributed by atoms with Crippen molar-refractivity contribution in [3.8, 4) is 0 Å². The Kier molecular flexibility index (Phi) is 9.78. The van der Waals surface area contributed by atoms with Crippen molar-refractivity contribution in [1.82, 2.24) is 0 Å². The molecule has 0 N–H and O–H groups in total. The molecule has 0 fully saturated rings. The van der Waals surface area contributed by atoms with Crippen molar-refractivity contribution < 1.29 is 0 Å². The molecular formula is C40H44. The van der Waals surface area contributed by atoms with Crippen molar-refractivity contribution in [2.24, 2.45) is 0 Å². The van der Waals surface area contributed by atoms with Gasteiger partial charge in [0.05, 0.1) is 0 Å². The van der Waals surface area contributed by atoms with Crippen LogP contribution in [0.3, 0.4) is 0 Å². The first-order valence-electron chi connectivity index (χ1n) is 14.7. The third kappa shape index (κ3) is 7.39. The van der Waals surface area contributed by atoms with Crippen molar-refractivity contribution in [1.29, 1.82) is 0 Å². The Labute approximate surface area is 241 Å². The summed E-state index contributed by atoms with van der Waals surface area (Å²) in [5, 5.41) is 8.09. The molecule has 0 spiro atoms. The molecule has 0 atom stereocenters. The van der Waals surface area contributed by atoms with Crippen LogP contribution >= 0.6 is 0 Å². The lowest BCUT2D eigenvalue weighted by Gasteiger charge is -2.08. The molecular weight excluding hydrogens is 480 g/mol. The third-order valence-electron chi connectivity index (χ3n) is 7.57. The smallest absolute Gasteiger partial charge is 0.0149 e. The summed E-state index contributed by atoms with van der Waals surface area (Å²) in [5.41, 5.74) is 5.61. The summed E-state index contributed by atoms with van der Waals surface area (Å²) in [6.45, 7) is 15.5. The van der Waals surface area contributed by atoms with Crippen LogP contribution in [0, 0.1) is 6.92 Å². The summed E-state index contributed by atoms with van der Waals surface area (Å²) in [6.07, 6.45) is 0. The van der Waals surface area contributed by atoms with E-state index in [2.05, 4.69) is 170 Å². The van der Waals surface area contributed by atoms with E-state index < -0.39 is 0 Å². The molecule has 0 nitrogen and oxygen atoms in total. The summed E-state index contributed by atoms with van der Waals surface area (Å²) in [4.78, 5) is 0. The number of rotatable bonds is 3. The molecule has 6 aromatic rings. The maximum absolute atomic E-state index is 2.30. The molecule has 6 rings (SSSR count). The van der Waals surface area contributed by atoms with E-state index in [1.807, 2.05) is 0 Å². The minimum atomic E-state index is 0.603. The first-order valence-corrected chi connectivity index (χ1v) is 14.7. The van der Waals surface area contributed by atoms with Gasteiger partial charge in [-0.1, -0.05) is 168 Å². The van der Waals surface area contributed by atoms with E-state index in [0.29, 0.717) is 17.8 Å². The maximum atomic E-state index is 2.30. The van der Waals surface area contributed by atoms with Gasteiger partial charge in [-0.05, 0) is 73.7 Å². The predicted molar refractivity (Wildman–Crippen MR) is 179 cm³/mol. The molecule has 40 heavy (non-hydrogen) atoms. The standard InChI is InChI=1S/C14H16.2C13H14/c1-10(2)13-7-6-12-5-4-11(3)8-14(12)9-13;1-10(2)12-9-5-7-11-6-3-4-8-13(11)12;1-10(2)12-8-7-11-5-3-4-6-13(11)9-12/h4-10H,1-3H3;2*3-10H,1-2H3. The number of hydrogen-bond acceptors (Lipinski definition) is 0. The summed E-state index contributed by atoms with van der Waals surface area (Å²) in [5.74, 6) is 1.83. The summed E-state index contributed by atoms with van der Waals surface area (Å²) >= 11 is 0. The Balaban J connectivity index is 0.000000139. The molecule has 6 aromatic carbocycles. The quantitative estimate of drug-likeness (QED) is 0.216. The number of benzene rings is 6. The molecule has 0 aliphatic heterocycles. The van der Waals surface area contributed by atoms with Gasteiger partial charge in [-0.15, -0.1) is 0 Å². The highest BCUT2D eigenvalue weighted by molar-refractivity contribution is 5.86. The molecule has 0 saturated carbocycles. The summed E-state index contributed by atoms with van der Waals surface area (Å²) in [6, 6.07) is 43.6. The van der Waals surface area contributed by atoms with E-state index in [4.69, 9.17) is 0 Å². The number of aryl methyl sites for hydroxylation is 1. The van der Waals surface area contributed by atoms with E-state index in [9.17, 15) is 0 Å². The Morgan fingerprint density at radius 3 is 1.50 bits per heavy atom. The van der Waals surface area contributed by atoms with Gasteiger partial charge < -0.3 is 0 Å². The van der Waals surface area contributed by atoms with Crippen LogP contribution in [0.25, 0.3) is 32.3 Å². The van der Waals surface area contributed by atoms with E-state index in [-0.39, 0.29) is 0 Å². The van der Waals surface area contributed by atoms with Gasteiger partial charge in [-0.3, -0.25) is 0 Å². The molecule has 0 aliphatic carbocycles. The lowest BCUT2D eigenvalue weighted by Crippen LogP contribution is -1.88. The number of fused-ring (bicyclic) bond motifs is 3. The molecule has 0 heterocycles. The highest BCUT2D eigenvalue weighted by Gasteiger charge is 2.03. The Morgan fingerprint density at radius 1 is 0.375 bits per heavy atom. The predicted octanol–water partition coefficient (Wildman–Crippen LogP) is 12.2. The van der Waals surface area contributed by atoms with Crippen LogP contribution in [0.4, 0.5) is 0 Å². The normalized spacial score (nSPS) is 11.1. The second-order valence-electron chi connectivity index (χ2n) is 11.7. The maximum Gasteiger partial charge on any atom is -0.0149 e. The van der Waals surface area contributed by atoms with E-state index in [0.717, 1.165) is 0 Å². The Hall–Kier alpha value is -3.90. The van der Waals surface area contributed by atoms with Gasteiger partial charge in [0.2, 0.25) is 0 Å². The van der Waals surface area contributed by atoms with E-state index in [1.54, 1.807) is 0 Å². The van der Waals surface area contributed by atoms with Gasteiger partial charge in [-0.2, -0.15) is 0 Å². The molecule has 0 radical (unpaired) electrons. The first kappa shape index (κ1) is 29.1. The van der Waals surface area contributed by atoms with E-state index in [1.165, 1.54) is 54.6 Å². The molecule has 0 saturated heterocycles. The van der Waals surface area contributed by atoms with Crippen LogP contribution in [0.15, 0.2) is 121 Å². The third-order valence-corrected chi connectivity index (χ3v) is 7.57. The fourth-order valence-electron chi connectivity index (χ4n) is 5.06. The van der Waals surface area contributed by atoms with Crippen LogP contribution in [0.1, 0.15) is 81.5 Å². The Bertz CT molecular complexity index is 1670. The van der Waals surface area contributed by atoms with Crippen molar-refractivity contribution >= 4 is 32.3 Å². The van der Waals surface area contributed by atoms with Crippen LogP contribution < -0.4 is 0 Å². The molecule has 204 valence electrons. The molecule has 0 aliphatic rings. The zero-order valence-electron chi connectivity index (χ0n) is 25.3. The average Bonchev–Trinajstić information content (AvgIpc) is 2.96. The van der Waals surface area contributed by atoms with Crippen LogP contribution in [-0.2, 0) is 0 Å². The van der Waals surface area contributed by atoms with Gasteiger partial charge in [0.25, 0.3) is 0 Å². The van der Waals surface area contributed by atoms with Gasteiger partial charge in [-0.25, -0.2) is 0 Å². The van der Waals surface area contributed by atoms with Crippen molar-refractivity contribution in [2.75, 3.05) is 0 Å². The number of hydrogen-bond donors (Lipinski definition) is 0. The minimum absolute atomic E-state index is 0.603. The Morgan fingerprint density at radius 2 is 0.875 bits per heavy atom. The van der Waals surface area contributed by atoms with Gasteiger partial charge in [0.15, 0.2) is 0 Å². The first-order chi connectivity index (χ1) is 19.2. The second kappa shape index (κ2) is 13.4. The lowest BCUT2D eigenvalue weighted by atomic mass is 9.96. The zero-order valence-corrected chi connectivity index (χ0v) is 25.3.